The van der Waals surface area contributed by atoms with Gasteiger partial charge in [0.15, 0.2) is 0 Å². The Morgan fingerprint density at radius 3 is 2.07 bits per heavy atom. The van der Waals surface area contributed by atoms with Crippen LogP contribution in [-0.2, 0) is 4.74 Å². The minimum absolute atomic E-state index is 0.519. The molecule has 1 nitrogen and oxygen atoms in total. The van der Waals surface area contributed by atoms with Crippen LogP contribution in [0.4, 0.5) is 0 Å². The molecule has 0 heterocycles. The Hall–Kier alpha value is -0.0400. The van der Waals surface area contributed by atoms with Crippen molar-refractivity contribution < 1.29 is 4.74 Å². The lowest BCUT2D eigenvalue weighted by molar-refractivity contribution is -0.0171. The number of rotatable bonds is 3. The summed E-state index contributed by atoms with van der Waals surface area (Å²) in [6, 6.07) is 0. The normalized spacial score (nSPS) is 34.1. The van der Waals surface area contributed by atoms with Gasteiger partial charge in [-0.05, 0) is 42.9 Å². The van der Waals surface area contributed by atoms with E-state index in [-0.39, 0.29) is 0 Å². The third kappa shape index (κ3) is 2.73. The van der Waals surface area contributed by atoms with Crippen LogP contribution >= 0.6 is 0 Å². The standard InChI is InChI=1S/C13H26O/c1-9(2)11-6-7-13(14-5)12(8-11)10(3)4/h9-13H,6-8H2,1-5H3/t11-,12+,13-/m0/s1. The second kappa shape index (κ2) is 5.16. The van der Waals surface area contributed by atoms with Crippen molar-refractivity contribution in [3.63, 3.8) is 0 Å². The van der Waals surface area contributed by atoms with Gasteiger partial charge < -0.3 is 4.74 Å². The lowest BCUT2D eigenvalue weighted by Crippen LogP contribution is -2.35. The highest BCUT2D eigenvalue weighted by atomic mass is 16.5. The Labute approximate surface area is 89.2 Å². The van der Waals surface area contributed by atoms with E-state index in [2.05, 4.69) is 27.7 Å². The molecule has 1 aliphatic carbocycles. The molecule has 0 saturated heterocycles. The highest BCUT2D eigenvalue weighted by Crippen LogP contribution is 2.38. The summed E-state index contributed by atoms with van der Waals surface area (Å²) in [4.78, 5) is 0. The summed E-state index contributed by atoms with van der Waals surface area (Å²) in [6.45, 7) is 9.38. The average molecular weight is 198 g/mol. The van der Waals surface area contributed by atoms with Crippen LogP contribution in [0.2, 0.25) is 0 Å². The van der Waals surface area contributed by atoms with Crippen LogP contribution in [0.15, 0.2) is 0 Å². The topological polar surface area (TPSA) is 9.23 Å². The molecule has 3 atom stereocenters. The van der Waals surface area contributed by atoms with Crippen LogP contribution in [0.25, 0.3) is 0 Å². The minimum Gasteiger partial charge on any atom is -0.381 e. The fraction of sp³-hybridized carbons (Fsp3) is 1.00. The maximum atomic E-state index is 5.59. The Morgan fingerprint density at radius 1 is 1.00 bits per heavy atom. The van der Waals surface area contributed by atoms with Gasteiger partial charge in [0.05, 0.1) is 6.10 Å². The summed E-state index contributed by atoms with van der Waals surface area (Å²) >= 11 is 0. The lowest BCUT2D eigenvalue weighted by atomic mass is 9.71. The van der Waals surface area contributed by atoms with Gasteiger partial charge in [0, 0.05) is 7.11 Å². The van der Waals surface area contributed by atoms with Crippen molar-refractivity contribution in [1.82, 2.24) is 0 Å². The van der Waals surface area contributed by atoms with Gasteiger partial charge in [-0.1, -0.05) is 27.7 Å². The molecule has 14 heavy (non-hydrogen) atoms. The molecule has 0 aliphatic heterocycles. The molecule has 1 rings (SSSR count). The van der Waals surface area contributed by atoms with Crippen molar-refractivity contribution in [2.24, 2.45) is 23.7 Å². The predicted molar refractivity (Wildman–Crippen MR) is 61.3 cm³/mol. The second-order valence-corrected chi connectivity index (χ2v) is 5.50. The first-order valence-corrected chi connectivity index (χ1v) is 6.09. The molecule has 0 N–H and O–H groups in total. The highest BCUT2D eigenvalue weighted by Gasteiger charge is 2.33. The van der Waals surface area contributed by atoms with Crippen LogP contribution in [0, 0.1) is 23.7 Å². The van der Waals surface area contributed by atoms with Gasteiger partial charge in [0.25, 0.3) is 0 Å². The Balaban J connectivity index is 2.57. The SMILES string of the molecule is CO[C@H]1CC[C@H](C(C)C)C[C@@H]1C(C)C. The van der Waals surface area contributed by atoms with Crippen molar-refractivity contribution >= 4 is 0 Å². The molecular weight excluding hydrogens is 172 g/mol. The lowest BCUT2D eigenvalue weighted by Gasteiger charge is -2.39. The Morgan fingerprint density at radius 2 is 1.64 bits per heavy atom. The van der Waals surface area contributed by atoms with E-state index in [1.165, 1.54) is 19.3 Å². The monoisotopic (exact) mass is 198 g/mol. The average Bonchev–Trinajstić information content (AvgIpc) is 2.16. The van der Waals surface area contributed by atoms with Gasteiger partial charge >= 0.3 is 0 Å². The zero-order chi connectivity index (χ0) is 10.7. The molecule has 1 heteroatoms. The quantitative estimate of drug-likeness (QED) is 0.671. The molecular formula is C13H26O. The van der Waals surface area contributed by atoms with E-state index in [1.807, 2.05) is 7.11 Å². The third-order valence-corrected chi connectivity index (χ3v) is 3.98. The number of ether oxygens (including phenoxy) is 1. The summed E-state index contributed by atoms with van der Waals surface area (Å²) in [5, 5.41) is 0. The first kappa shape index (κ1) is 12.0. The Bertz CT molecular complexity index is 163. The largest absolute Gasteiger partial charge is 0.381 e. The summed E-state index contributed by atoms with van der Waals surface area (Å²) in [5.74, 6) is 3.31. The molecule has 1 aliphatic rings. The third-order valence-electron chi connectivity index (χ3n) is 3.98. The molecule has 84 valence electrons. The van der Waals surface area contributed by atoms with Crippen molar-refractivity contribution in [3.8, 4) is 0 Å². The van der Waals surface area contributed by atoms with Crippen LogP contribution < -0.4 is 0 Å². The van der Waals surface area contributed by atoms with E-state index in [9.17, 15) is 0 Å². The fourth-order valence-corrected chi connectivity index (χ4v) is 2.81. The van der Waals surface area contributed by atoms with Gasteiger partial charge in [-0.3, -0.25) is 0 Å². The molecule has 0 aromatic rings. The summed E-state index contributed by atoms with van der Waals surface area (Å²) in [7, 11) is 1.87. The van der Waals surface area contributed by atoms with Crippen molar-refractivity contribution in [3.05, 3.63) is 0 Å². The minimum atomic E-state index is 0.519. The van der Waals surface area contributed by atoms with Crippen molar-refractivity contribution in [2.75, 3.05) is 7.11 Å². The van der Waals surface area contributed by atoms with Crippen molar-refractivity contribution in [1.29, 1.82) is 0 Å². The van der Waals surface area contributed by atoms with Gasteiger partial charge in [-0.25, -0.2) is 0 Å². The summed E-state index contributed by atoms with van der Waals surface area (Å²) < 4.78 is 5.59. The van der Waals surface area contributed by atoms with Crippen LogP contribution in [0.5, 0.6) is 0 Å². The fourth-order valence-electron chi connectivity index (χ4n) is 2.81. The van der Waals surface area contributed by atoms with E-state index in [0.29, 0.717) is 6.10 Å². The number of hydrogen-bond donors (Lipinski definition) is 0. The van der Waals surface area contributed by atoms with E-state index in [4.69, 9.17) is 4.74 Å². The van der Waals surface area contributed by atoms with E-state index in [1.54, 1.807) is 0 Å². The van der Waals surface area contributed by atoms with Crippen molar-refractivity contribution in [2.45, 2.75) is 53.1 Å². The zero-order valence-corrected chi connectivity index (χ0v) is 10.4. The van der Waals surface area contributed by atoms with Crippen LogP contribution in [-0.4, -0.2) is 13.2 Å². The van der Waals surface area contributed by atoms with Gasteiger partial charge in [0.1, 0.15) is 0 Å². The predicted octanol–water partition coefficient (Wildman–Crippen LogP) is 3.73. The molecule has 0 bridgehead atoms. The van der Waals surface area contributed by atoms with Gasteiger partial charge in [0.2, 0.25) is 0 Å². The first-order valence-electron chi connectivity index (χ1n) is 6.09. The molecule has 0 aromatic carbocycles. The van der Waals surface area contributed by atoms with E-state index >= 15 is 0 Å². The molecule has 0 radical (unpaired) electrons. The molecule has 1 fully saturated rings. The molecule has 0 unspecified atom stereocenters. The molecule has 0 aromatic heterocycles. The summed E-state index contributed by atoms with van der Waals surface area (Å²) in [6.07, 6.45) is 4.51. The van der Waals surface area contributed by atoms with E-state index in [0.717, 1.165) is 23.7 Å². The highest BCUT2D eigenvalue weighted by molar-refractivity contribution is 4.83. The smallest absolute Gasteiger partial charge is 0.0602 e. The molecule has 0 amide bonds. The number of methoxy groups -OCH3 is 1. The molecule has 1 saturated carbocycles. The zero-order valence-electron chi connectivity index (χ0n) is 10.4. The maximum absolute atomic E-state index is 5.59. The number of hydrogen-bond acceptors (Lipinski definition) is 1. The van der Waals surface area contributed by atoms with Gasteiger partial charge in [-0.2, -0.15) is 0 Å². The summed E-state index contributed by atoms with van der Waals surface area (Å²) in [5.41, 5.74) is 0. The molecule has 0 spiro atoms. The maximum Gasteiger partial charge on any atom is 0.0602 e. The van der Waals surface area contributed by atoms with Crippen LogP contribution in [0.3, 0.4) is 0 Å². The first-order chi connectivity index (χ1) is 6.56. The second-order valence-electron chi connectivity index (χ2n) is 5.50. The van der Waals surface area contributed by atoms with Gasteiger partial charge in [-0.15, -0.1) is 0 Å². The van der Waals surface area contributed by atoms with Crippen LogP contribution in [0.1, 0.15) is 47.0 Å². The van der Waals surface area contributed by atoms with E-state index < -0.39 is 0 Å². The Kier molecular flexibility index (Phi) is 4.43.